The second-order valence-corrected chi connectivity index (χ2v) is 4.50. The van der Waals surface area contributed by atoms with Gasteiger partial charge in [-0.05, 0) is 6.92 Å². The molecule has 0 atom stereocenters. The Labute approximate surface area is 109 Å². The zero-order valence-electron chi connectivity index (χ0n) is 11.0. The van der Waals surface area contributed by atoms with Crippen LogP contribution in [0.15, 0.2) is 40.1 Å². The van der Waals surface area contributed by atoms with Crippen molar-refractivity contribution >= 4 is 5.78 Å². The Bertz CT molecular complexity index is 752. The van der Waals surface area contributed by atoms with Crippen molar-refractivity contribution in [2.24, 2.45) is 14.1 Å². The first-order valence-electron chi connectivity index (χ1n) is 5.80. The molecule has 0 saturated carbocycles. The monoisotopic (exact) mass is 258 g/mol. The SMILES string of the molecule is Cc1ccc(C(=O)c2cn(C)c(=O)n(C)c2=O)cc1. The van der Waals surface area contributed by atoms with Gasteiger partial charge in [-0.2, -0.15) is 0 Å². The predicted octanol–water partition coefficient (Wildman–Crippen LogP) is 0.623. The van der Waals surface area contributed by atoms with Crippen molar-refractivity contribution in [2.75, 3.05) is 0 Å². The van der Waals surface area contributed by atoms with Crippen LogP contribution in [0.5, 0.6) is 0 Å². The number of aryl methyl sites for hydroxylation is 2. The molecule has 1 heterocycles. The van der Waals surface area contributed by atoms with Crippen molar-refractivity contribution in [3.63, 3.8) is 0 Å². The van der Waals surface area contributed by atoms with Crippen LogP contribution < -0.4 is 11.2 Å². The summed E-state index contributed by atoms with van der Waals surface area (Å²) in [5.41, 5.74) is 0.429. The number of aromatic nitrogens is 2. The molecule has 0 unspecified atom stereocenters. The number of rotatable bonds is 2. The highest BCUT2D eigenvalue weighted by atomic mass is 16.2. The van der Waals surface area contributed by atoms with Crippen LogP contribution in [0, 0.1) is 6.92 Å². The summed E-state index contributed by atoms with van der Waals surface area (Å²) < 4.78 is 2.16. The van der Waals surface area contributed by atoms with E-state index >= 15 is 0 Å². The van der Waals surface area contributed by atoms with Crippen molar-refractivity contribution in [3.05, 3.63) is 68.0 Å². The standard InChI is InChI=1S/C14H14N2O3/c1-9-4-6-10(7-5-9)12(17)11-8-15(2)14(19)16(3)13(11)18/h4-8H,1-3H3. The Morgan fingerprint density at radius 3 is 2.21 bits per heavy atom. The molecule has 0 N–H and O–H groups in total. The summed E-state index contributed by atoms with van der Waals surface area (Å²) in [4.78, 5) is 35.8. The van der Waals surface area contributed by atoms with E-state index in [9.17, 15) is 14.4 Å². The highest BCUT2D eigenvalue weighted by Crippen LogP contribution is 2.07. The molecule has 2 rings (SSSR count). The maximum absolute atomic E-state index is 12.3. The summed E-state index contributed by atoms with van der Waals surface area (Å²) in [5.74, 6) is -0.379. The largest absolute Gasteiger partial charge is 0.330 e. The molecule has 0 fully saturated rings. The molecular formula is C14H14N2O3. The van der Waals surface area contributed by atoms with Crippen molar-refractivity contribution in [2.45, 2.75) is 6.92 Å². The van der Waals surface area contributed by atoms with Crippen molar-refractivity contribution in [1.29, 1.82) is 0 Å². The molecule has 1 aromatic carbocycles. The summed E-state index contributed by atoms with van der Waals surface area (Å²) in [6.45, 7) is 1.92. The number of carbonyl (C=O) groups excluding carboxylic acids is 1. The molecule has 0 amide bonds. The predicted molar refractivity (Wildman–Crippen MR) is 71.5 cm³/mol. The molecule has 0 radical (unpaired) electrons. The third kappa shape index (κ3) is 2.27. The maximum Gasteiger partial charge on any atom is 0.330 e. The van der Waals surface area contributed by atoms with Crippen molar-refractivity contribution < 1.29 is 4.79 Å². The van der Waals surface area contributed by atoms with Crippen LogP contribution in [0.2, 0.25) is 0 Å². The van der Waals surface area contributed by atoms with E-state index in [1.165, 1.54) is 24.9 Å². The molecule has 0 spiro atoms. The first-order valence-corrected chi connectivity index (χ1v) is 5.80. The van der Waals surface area contributed by atoms with Gasteiger partial charge in [0, 0.05) is 25.9 Å². The van der Waals surface area contributed by atoms with Gasteiger partial charge in [0.15, 0.2) is 5.78 Å². The Morgan fingerprint density at radius 1 is 1.05 bits per heavy atom. The Hall–Kier alpha value is -2.43. The third-order valence-electron chi connectivity index (χ3n) is 3.00. The molecule has 98 valence electrons. The number of nitrogens with zero attached hydrogens (tertiary/aromatic N) is 2. The van der Waals surface area contributed by atoms with Gasteiger partial charge in [0.25, 0.3) is 5.56 Å². The van der Waals surface area contributed by atoms with E-state index in [-0.39, 0.29) is 11.3 Å². The number of hydrogen-bond acceptors (Lipinski definition) is 3. The van der Waals surface area contributed by atoms with E-state index in [4.69, 9.17) is 0 Å². The molecule has 1 aromatic heterocycles. The quantitative estimate of drug-likeness (QED) is 0.742. The molecule has 0 bridgehead atoms. The fourth-order valence-electron chi connectivity index (χ4n) is 1.82. The lowest BCUT2D eigenvalue weighted by atomic mass is 10.0. The van der Waals surface area contributed by atoms with Gasteiger partial charge in [0.1, 0.15) is 5.56 Å². The van der Waals surface area contributed by atoms with Crippen LogP contribution in [0.4, 0.5) is 0 Å². The highest BCUT2D eigenvalue weighted by molar-refractivity contribution is 6.08. The van der Waals surface area contributed by atoms with Gasteiger partial charge >= 0.3 is 5.69 Å². The van der Waals surface area contributed by atoms with Gasteiger partial charge in [0.05, 0.1) is 0 Å². The Morgan fingerprint density at radius 2 is 1.63 bits per heavy atom. The average Bonchev–Trinajstić information content (AvgIpc) is 2.40. The minimum atomic E-state index is -0.575. The van der Waals surface area contributed by atoms with E-state index in [1.807, 2.05) is 6.92 Å². The first kappa shape index (κ1) is 13.0. The third-order valence-corrected chi connectivity index (χ3v) is 3.00. The number of hydrogen-bond donors (Lipinski definition) is 0. The molecule has 5 nitrogen and oxygen atoms in total. The summed E-state index contributed by atoms with van der Waals surface area (Å²) in [7, 11) is 2.87. The normalized spacial score (nSPS) is 10.5. The van der Waals surface area contributed by atoms with Crippen LogP contribution >= 0.6 is 0 Å². The van der Waals surface area contributed by atoms with E-state index < -0.39 is 11.2 Å². The fourth-order valence-corrected chi connectivity index (χ4v) is 1.82. The fraction of sp³-hybridized carbons (Fsp3) is 0.214. The zero-order chi connectivity index (χ0) is 14.2. The summed E-state index contributed by atoms with van der Waals surface area (Å²) in [6.07, 6.45) is 1.28. The van der Waals surface area contributed by atoms with Crippen LogP contribution in [-0.2, 0) is 14.1 Å². The van der Waals surface area contributed by atoms with E-state index in [2.05, 4.69) is 0 Å². The first-order chi connectivity index (χ1) is 8.91. The van der Waals surface area contributed by atoms with Gasteiger partial charge in [-0.1, -0.05) is 29.8 Å². The second-order valence-electron chi connectivity index (χ2n) is 4.50. The van der Waals surface area contributed by atoms with Gasteiger partial charge in [0.2, 0.25) is 0 Å². The summed E-state index contributed by atoms with van der Waals surface area (Å²) >= 11 is 0. The van der Waals surface area contributed by atoms with Gasteiger partial charge in [-0.15, -0.1) is 0 Å². The van der Waals surface area contributed by atoms with Crippen molar-refractivity contribution in [3.8, 4) is 0 Å². The smallest absolute Gasteiger partial charge is 0.303 e. The van der Waals surface area contributed by atoms with Crippen molar-refractivity contribution in [1.82, 2.24) is 9.13 Å². The van der Waals surface area contributed by atoms with Crippen LogP contribution in [-0.4, -0.2) is 14.9 Å². The highest BCUT2D eigenvalue weighted by Gasteiger charge is 2.16. The number of benzene rings is 1. The van der Waals surface area contributed by atoms with E-state index in [0.29, 0.717) is 5.56 Å². The molecule has 0 aliphatic carbocycles. The second kappa shape index (κ2) is 4.68. The maximum atomic E-state index is 12.3. The van der Waals surface area contributed by atoms with Crippen LogP contribution in [0.25, 0.3) is 0 Å². The molecule has 0 aliphatic heterocycles. The molecular weight excluding hydrogens is 244 g/mol. The van der Waals surface area contributed by atoms with Gasteiger partial charge in [-0.3, -0.25) is 14.2 Å². The Kier molecular flexibility index (Phi) is 3.21. The molecule has 0 aliphatic rings. The summed E-state index contributed by atoms with van der Waals surface area (Å²) in [5, 5.41) is 0. The topological polar surface area (TPSA) is 61.1 Å². The number of carbonyl (C=O) groups is 1. The zero-order valence-corrected chi connectivity index (χ0v) is 11.0. The van der Waals surface area contributed by atoms with Crippen LogP contribution in [0.3, 0.4) is 0 Å². The minimum Gasteiger partial charge on any atom is -0.303 e. The van der Waals surface area contributed by atoms with Crippen LogP contribution in [0.1, 0.15) is 21.5 Å². The minimum absolute atomic E-state index is 0.00606. The molecule has 2 aromatic rings. The molecule has 5 heteroatoms. The number of ketones is 1. The van der Waals surface area contributed by atoms with Gasteiger partial charge < -0.3 is 4.57 Å². The molecule has 19 heavy (non-hydrogen) atoms. The average molecular weight is 258 g/mol. The Balaban J connectivity index is 2.60. The van der Waals surface area contributed by atoms with Gasteiger partial charge in [-0.25, -0.2) is 4.79 Å². The molecule has 0 saturated heterocycles. The lowest BCUT2D eigenvalue weighted by molar-refractivity contribution is 0.103. The van der Waals surface area contributed by atoms with E-state index in [1.54, 1.807) is 24.3 Å². The summed E-state index contributed by atoms with van der Waals surface area (Å²) in [6, 6.07) is 6.95. The lowest BCUT2D eigenvalue weighted by Crippen LogP contribution is -2.39. The van der Waals surface area contributed by atoms with E-state index in [0.717, 1.165) is 10.1 Å². The lowest BCUT2D eigenvalue weighted by Gasteiger charge is -2.06.